The zero-order chi connectivity index (χ0) is 15.9. The summed E-state index contributed by atoms with van der Waals surface area (Å²) in [5, 5.41) is 8.50. The molecule has 1 rings (SSSR count). The first-order valence-electron chi connectivity index (χ1n) is 6.03. The lowest BCUT2D eigenvalue weighted by Gasteiger charge is -2.12. The molecule has 0 fully saturated rings. The lowest BCUT2D eigenvalue weighted by atomic mass is 10.2. The molecule has 0 radical (unpaired) electrons. The molecule has 21 heavy (non-hydrogen) atoms. The molecule has 0 aliphatic carbocycles. The third-order valence-electron chi connectivity index (χ3n) is 2.34. The summed E-state index contributed by atoms with van der Waals surface area (Å²) in [4.78, 5) is 21.5. The first-order valence-corrected chi connectivity index (χ1v) is 7.16. The smallest absolute Gasteiger partial charge is 0.422 e. The molecule has 1 N–H and O–H groups in total. The van der Waals surface area contributed by atoms with E-state index in [4.69, 9.17) is 49.4 Å². The van der Waals surface area contributed by atoms with Crippen LogP contribution < -0.4 is 9.47 Å². The van der Waals surface area contributed by atoms with Gasteiger partial charge in [-0.15, -0.1) is 0 Å². The van der Waals surface area contributed by atoms with Crippen molar-refractivity contribution in [2.45, 2.75) is 23.1 Å². The number of para-hydroxylation sites is 2. The fourth-order valence-electron chi connectivity index (χ4n) is 1.41. The molecule has 0 saturated heterocycles. The molecule has 0 aromatic heterocycles. The van der Waals surface area contributed by atoms with Gasteiger partial charge in [-0.2, -0.15) is 0 Å². The second kappa shape index (κ2) is 8.32. The minimum atomic E-state index is -1.67. The van der Waals surface area contributed by atoms with Gasteiger partial charge < -0.3 is 14.6 Å². The van der Waals surface area contributed by atoms with Crippen molar-refractivity contribution >= 4 is 46.7 Å². The molecule has 116 valence electrons. The maximum absolute atomic E-state index is 11.0. The third-order valence-corrected chi connectivity index (χ3v) is 2.91. The number of carboxylic acids is 1. The average Bonchev–Trinajstić information content (AvgIpc) is 2.38. The highest BCUT2D eigenvalue weighted by molar-refractivity contribution is 6.67. The first-order chi connectivity index (χ1) is 9.79. The number of rotatable bonds is 6. The number of aliphatic carboxylic acids is 1. The number of carboxylic acid groups (broad SMARTS) is 1. The van der Waals surface area contributed by atoms with Gasteiger partial charge in [-0.1, -0.05) is 46.9 Å². The summed E-state index contributed by atoms with van der Waals surface area (Å²) in [6, 6.07) is 6.28. The molecular formula is C13H13Cl3O5. The van der Waals surface area contributed by atoms with E-state index < -0.39 is 15.7 Å². The standard InChI is InChI=1S/C13H13Cl3O5/c14-13(15,16)7-3-4-8-20-9-5-1-2-6-10(9)21-12(19)11(17)18/h1-2,5-6H,3-4,7-8H2,(H,17,18). The number of hydrogen-bond acceptors (Lipinski definition) is 4. The van der Waals surface area contributed by atoms with Crippen LogP contribution in [0.4, 0.5) is 0 Å². The van der Waals surface area contributed by atoms with E-state index in [2.05, 4.69) is 0 Å². The van der Waals surface area contributed by atoms with Gasteiger partial charge in [0.2, 0.25) is 0 Å². The van der Waals surface area contributed by atoms with Crippen LogP contribution >= 0.6 is 34.8 Å². The van der Waals surface area contributed by atoms with Crippen LogP contribution in [0.25, 0.3) is 0 Å². The van der Waals surface area contributed by atoms with Crippen LogP contribution in [0.3, 0.4) is 0 Å². The minimum absolute atomic E-state index is 0.0475. The Morgan fingerprint density at radius 3 is 2.29 bits per heavy atom. The van der Waals surface area contributed by atoms with Crippen molar-refractivity contribution in [2.24, 2.45) is 0 Å². The SMILES string of the molecule is O=C(O)C(=O)Oc1ccccc1OCCCCC(Cl)(Cl)Cl. The lowest BCUT2D eigenvalue weighted by Crippen LogP contribution is -2.19. The molecule has 0 unspecified atom stereocenters. The Morgan fingerprint density at radius 2 is 1.71 bits per heavy atom. The molecular weight excluding hydrogens is 342 g/mol. The Bertz CT molecular complexity index is 499. The van der Waals surface area contributed by atoms with Crippen molar-refractivity contribution in [3.8, 4) is 11.5 Å². The quantitative estimate of drug-likeness (QED) is 0.277. The summed E-state index contributed by atoms with van der Waals surface area (Å²) in [5.74, 6) is -2.72. The second-order valence-corrected chi connectivity index (χ2v) is 6.58. The summed E-state index contributed by atoms with van der Waals surface area (Å²) in [6.07, 6.45) is 1.68. The fraction of sp³-hybridized carbons (Fsp3) is 0.385. The maximum Gasteiger partial charge on any atom is 0.422 e. The zero-order valence-electron chi connectivity index (χ0n) is 10.9. The largest absolute Gasteiger partial charge is 0.490 e. The number of benzene rings is 1. The Balaban J connectivity index is 2.48. The van der Waals surface area contributed by atoms with Crippen molar-refractivity contribution < 1.29 is 24.2 Å². The molecule has 0 saturated carbocycles. The molecule has 1 aromatic carbocycles. The molecule has 0 heterocycles. The number of esters is 1. The summed E-state index contributed by atoms with van der Waals surface area (Å²) >= 11 is 16.9. The van der Waals surface area contributed by atoms with Crippen LogP contribution in [-0.4, -0.2) is 27.4 Å². The van der Waals surface area contributed by atoms with E-state index in [0.29, 0.717) is 25.9 Å². The Labute approximate surface area is 136 Å². The molecule has 0 bridgehead atoms. The van der Waals surface area contributed by atoms with E-state index in [1.807, 2.05) is 0 Å². The fourth-order valence-corrected chi connectivity index (χ4v) is 1.81. The van der Waals surface area contributed by atoms with Gasteiger partial charge in [0.05, 0.1) is 6.61 Å². The summed E-state index contributed by atoms with van der Waals surface area (Å²) in [5.41, 5.74) is 0. The second-order valence-electron chi connectivity index (χ2n) is 4.06. The zero-order valence-corrected chi connectivity index (χ0v) is 13.1. The molecule has 0 spiro atoms. The first kappa shape index (κ1) is 17.9. The Hall–Kier alpha value is -1.17. The van der Waals surface area contributed by atoms with Gasteiger partial charge in [0, 0.05) is 0 Å². The molecule has 0 atom stereocenters. The normalized spacial score (nSPS) is 11.0. The van der Waals surface area contributed by atoms with Gasteiger partial charge in [-0.05, 0) is 31.4 Å². The van der Waals surface area contributed by atoms with Crippen molar-refractivity contribution in [2.75, 3.05) is 6.61 Å². The predicted octanol–water partition coefficient (Wildman–Crippen LogP) is 3.60. The van der Waals surface area contributed by atoms with Crippen molar-refractivity contribution in [1.29, 1.82) is 0 Å². The number of alkyl halides is 3. The highest BCUT2D eigenvalue weighted by Crippen LogP contribution is 2.32. The number of ether oxygens (including phenoxy) is 2. The van der Waals surface area contributed by atoms with E-state index in [0.717, 1.165) is 0 Å². The molecule has 5 nitrogen and oxygen atoms in total. The summed E-state index contributed by atoms with van der Waals surface area (Å²) < 4.78 is 8.84. The third kappa shape index (κ3) is 7.41. The van der Waals surface area contributed by atoms with E-state index in [1.54, 1.807) is 18.2 Å². The van der Waals surface area contributed by atoms with Gasteiger partial charge in [0.25, 0.3) is 0 Å². The van der Waals surface area contributed by atoms with Crippen LogP contribution in [-0.2, 0) is 9.59 Å². The predicted molar refractivity (Wildman–Crippen MR) is 79.3 cm³/mol. The average molecular weight is 356 g/mol. The number of carbonyl (C=O) groups excluding carboxylic acids is 1. The molecule has 0 amide bonds. The maximum atomic E-state index is 11.0. The van der Waals surface area contributed by atoms with Gasteiger partial charge >= 0.3 is 11.9 Å². The van der Waals surface area contributed by atoms with Gasteiger partial charge in [-0.25, -0.2) is 9.59 Å². The van der Waals surface area contributed by atoms with E-state index in [1.165, 1.54) is 6.07 Å². The molecule has 8 heteroatoms. The topological polar surface area (TPSA) is 72.8 Å². The van der Waals surface area contributed by atoms with Crippen LogP contribution in [0, 0.1) is 0 Å². The number of unbranched alkanes of at least 4 members (excludes halogenated alkanes) is 1. The summed E-state index contributed by atoms with van der Waals surface area (Å²) in [7, 11) is 0. The lowest BCUT2D eigenvalue weighted by molar-refractivity contribution is -0.158. The van der Waals surface area contributed by atoms with Crippen LogP contribution in [0.5, 0.6) is 11.5 Å². The van der Waals surface area contributed by atoms with Gasteiger partial charge in [0.15, 0.2) is 15.3 Å². The van der Waals surface area contributed by atoms with E-state index in [9.17, 15) is 9.59 Å². The Morgan fingerprint density at radius 1 is 1.10 bits per heavy atom. The minimum Gasteiger partial charge on any atom is -0.490 e. The van der Waals surface area contributed by atoms with Gasteiger partial charge in [0.1, 0.15) is 0 Å². The van der Waals surface area contributed by atoms with Crippen molar-refractivity contribution in [3.05, 3.63) is 24.3 Å². The Kier molecular flexibility index (Phi) is 7.08. The van der Waals surface area contributed by atoms with E-state index >= 15 is 0 Å². The van der Waals surface area contributed by atoms with Crippen LogP contribution in [0.2, 0.25) is 0 Å². The van der Waals surface area contributed by atoms with Crippen molar-refractivity contribution in [1.82, 2.24) is 0 Å². The molecule has 0 aliphatic rings. The number of hydrogen-bond donors (Lipinski definition) is 1. The highest BCUT2D eigenvalue weighted by Gasteiger charge is 2.19. The van der Waals surface area contributed by atoms with Crippen molar-refractivity contribution in [3.63, 3.8) is 0 Å². The number of halogens is 3. The van der Waals surface area contributed by atoms with Gasteiger partial charge in [-0.3, -0.25) is 0 Å². The number of carbonyl (C=O) groups is 2. The van der Waals surface area contributed by atoms with Crippen LogP contribution in [0.15, 0.2) is 24.3 Å². The molecule has 1 aromatic rings. The molecule has 0 aliphatic heterocycles. The highest BCUT2D eigenvalue weighted by atomic mass is 35.6. The van der Waals surface area contributed by atoms with E-state index in [-0.39, 0.29) is 11.5 Å². The summed E-state index contributed by atoms with van der Waals surface area (Å²) in [6.45, 7) is 0.322. The monoisotopic (exact) mass is 354 g/mol. The van der Waals surface area contributed by atoms with Crippen LogP contribution in [0.1, 0.15) is 19.3 Å².